The van der Waals surface area contributed by atoms with Gasteiger partial charge in [-0.2, -0.15) is 11.8 Å². The molecule has 1 aliphatic heterocycles. The monoisotopic (exact) mass is 374 g/mol. The number of carbonyl (C=O) groups excluding carboxylic acids is 3. The minimum absolute atomic E-state index is 0.219. The molecule has 25 heavy (non-hydrogen) atoms. The zero-order valence-electron chi connectivity index (χ0n) is 14.5. The molecule has 0 aliphatic carbocycles. The van der Waals surface area contributed by atoms with Crippen LogP contribution >= 0.6 is 11.8 Å². The molecule has 0 spiro atoms. The third-order valence-corrected chi connectivity index (χ3v) is 4.64. The summed E-state index contributed by atoms with van der Waals surface area (Å²) in [6.07, 6.45) is 3.43. The van der Waals surface area contributed by atoms with Crippen LogP contribution in [-0.2, 0) is 19.2 Å². The Hall–Kier alpha value is -1.81. The van der Waals surface area contributed by atoms with Gasteiger partial charge in [-0.25, -0.2) is 0 Å². The molecule has 142 valence electrons. The van der Waals surface area contributed by atoms with Crippen LogP contribution in [-0.4, -0.2) is 76.9 Å². The molecule has 1 heterocycles. The van der Waals surface area contributed by atoms with Crippen LogP contribution in [0.25, 0.3) is 0 Å². The van der Waals surface area contributed by atoms with Crippen LogP contribution in [0.4, 0.5) is 0 Å². The summed E-state index contributed by atoms with van der Waals surface area (Å²) < 4.78 is 0. The highest BCUT2D eigenvalue weighted by Crippen LogP contribution is 2.20. The average Bonchev–Trinajstić information content (AvgIpc) is 3.07. The van der Waals surface area contributed by atoms with Crippen LogP contribution in [0, 0.1) is 0 Å². The second-order valence-corrected chi connectivity index (χ2v) is 6.85. The fraction of sp³-hybridized carbons (Fsp3) is 0.733. The van der Waals surface area contributed by atoms with Gasteiger partial charge in [0.05, 0.1) is 6.54 Å². The predicted octanol–water partition coefficient (Wildman–Crippen LogP) is -1.24. The zero-order chi connectivity index (χ0) is 19.0. The summed E-state index contributed by atoms with van der Waals surface area (Å²) in [6.45, 7) is 1.54. The number of aliphatic carboxylic acids is 1. The summed E-state index contributed by atoms with van der Waals surface area (Å²) in [7, 11) is 0. The van der Waals surface area contributed by atoms with Crippen LogP contribution in [0.3, 0.4) is 0 Å². The van der Waals surface area contributed by atoms with E-state index in [1.54, 1.807) is 11.8 Å². The third-order valence-electron chi connectivity index (χ3n) is 4.00. The normalized spacial score (nSPS) is 19.2. The van der Waals surface area contributed by atoms with Gasteiger partial charge in [0.1, 0.15) is 18.1 Å². The molecule has 0 bridgehead atoms. The van der Waals surface area contributed by atoms with Gasteiger partial charge in [0.2, 0.25) is 17.7 Å². The Balaban J connectivity index is 2.81. The van der Waals surface area contributed by atoms with Gasteiger partial charge in [-0.05, 0) is 38.2 Å². The number of nitrogens with zero attached hydrogens (tertiary/aromatic N) is 1. The van der Waals surface area contributed by atoms with Gasteiger partial charge in [-0.15, -0.1) is 0 Å². The Bertz CT molecular complexity index is 516. The quantitative estimate of drug-likeness (QED) is 0.395. The number of amides is 3. The van der Waals surface area contributed by atoms with E-state index in [9.17, 15) is 19.2 Å². The number of hydrogen-bond acceptors (Lipinski definition) is 6. The molecule has 1 fully saturated rings. The van der Waals surface area contributed by atoms with Gasteiger partial charge < -0.3 is 26.4 Å². The van der Waals surface area contributed by atoms with Crippen molar-refractivity contribution in [2.45, 2.75) is 44.3 Å². The summed E-state index contributed by atoms with van der Waals surface area (Å²) in [5.41, 5.74) is 5.30. The maximum Gasteiger partial charge on any atom is 0.325 e. The first-order valence-electron chi connectivity index (χ1n) is 8.13. The standard InChI is InChI=1S/C15H26N4O5S/c1-9(15(23)24)17-13(21)11-4-3-6-19(11)14(22)10(5-7-25-2)18-12(20)8-16/h9-11H,3-8,16H2,1-2H3,(H,17,21)(H,18,20)(H,23,24). The molecule has 0 radical (unpaired) electrons. The number of carboxylic acids is 1. The average molecular weight is 374 g/mol. The smallest absolute Gasteiger partial charge is 0.325 e. The van der Waals surface area contributed by atoms with E-state index in [1.807, 2.05) is 6.26 Å². The summed E-state index contributed by atoms with van der Waals surface area (Å²) in [6, 6.07) is -2.50. The Morgan fingerprint density at radius 3 is 2.56 bits per heavy atom. The molecule has 0 aromatic heterocycles. The maximum atomic E-state index is 12.8. The first kappa shape index (κ1) is 21.2. The second kappa shape index (κ2) is 10.2. The second-order valence-electron chi connectivity index (χ2n) is 5.86. The molecule has 3 unspecified atom stereocenters. The van der Waals surface area contributed by atoms with E-state index in [-0.39, 0.29) is 12.5 Å². The summed E-state index contributed by atoms with van der Waals surface area (Å²) in [4.78, 5) is 49.0. The lowest BCUT2D eigenvalue weighted by molar-refractivity contribution is -0.144. The highest BCUT2D eigenvalue weighted by molar-refractivity contribution is 7.98. The minimum Gasteiger partial charge on any atom is -0.480 e. The lowest BCUT2D eigenvalue weighted by atomic mass is 10.1. The molecule has 0 aromatic rings. The summed E-state index contributed by atoms with van der Waals surface area (Å²) in [5.74, 6) is -1.73. The van der Waals surface area contributed by atoms with Gasteiger partial charge >= 0.3 is 5.97 Å². The molecule has 0 saturated carbocycles. The Morgan fingerprint density at radius 2 is 2.00 bits per heavy atom. The minimum atomic E-state index is -1.14. The van der Waals surface area contributed by atoms with Crippen LogP contribution in [0.5, 0.6) is 0 Å². The highest BCUT2D eigenvalue weighted by atomic mass is 32.2. The lowest BCUT2D eigenvalue weighted by Crippen LogP contribution is -2.55. The molecule has 0 aromatic carbocycles. The van der Waals surface area contributed by atoms with Crippen molar-refractivity contribution >= 4 is 35.5 Å². The van der Waals surface area contributed by atoms with Gasteiger partial charge in [0.15, 0.2) is 0 Å². The predicted molar refractivity (Wildman–Crippen MR) is 94.0 cm³/mol. The fourth-order valence-corrected chi connectivity index (χ4v) is 3.09. The topological polar surface area (TPSA) is 142 Å². The van der Waals surface area contributed by atoms with Crippen LogP contribution in [0.2, 0.25) is 0 Å². The molecule has 1 rings (SSSR count). The molecular formula is C15H26N4O5S. The molecule has 9 nitrogen and oxygen atoms in total. The van der Waals surface area contributed by atoms with Crippen molar-refractivity contribution in [3.63, 3.8) is 0 Å². The lowest BCUT2D eigenvalue weighted by Gasteiger charge is -2.29. The number of nitrogens with one attached hydrogen (secondary N) is 2. The Morgan fingerprint density at radius 1 is 1.32 bits per heavy atom. The van der Waals surface area contributed by atoms with Crippen molar-refractivity contribution in [1.82, 2.24) is 15.5 Å². The fourth-order valence-electron chi connectivity index (χ4n) is 2.62. The van der Waals surface area contributed by atoms with Crippen molar-refractivity contribution in [2.24, 2.45) is 5.73 Å². The van der Waals surface area contributed by atoms with E-state index >= 15 is 0 Å². The number of hydrogen-bond donors (Lipinski definition) is 4. The number of thioether (sulfide) groups is 1. The SMILES string of the molecule is CSCCC(NC(=O)CN)C(=O)N1CCCC1C(=O)NC(C)C(=O)O. The van der Waals surface area contributed by atoms with Gasteiger partial charge in [-0.1, -0.05) is 0 Å². The molecular weight excluding hydrogens is 348 g/mol. The van der Waals surface area contributed by atoms with E-state index < -0.39 is 35.9 Å². The first-order chi connectivity index (χ1) is 11.8. The van der Waals surface area contributed by atoms with E-state index in [0.717, 1.165) is 0 Å². The van der Waals surface area contributed by atoms with E-state index in [2.05, 4.69) is 10.6 Å². The van der Waals surface area contributed by atoms with Crippen molar-refractivity contribution in [3.8, 4) is 0 Å². The Kier molecular flexibility index (Phi) is 8.70. The largest absolute Gasteiger partial charge is 0.480 e. The van der Waals surface area contributed by atoms with E-state index in [0.29, 0.717) is 31.6 Å². The number of carbonyl (C=O) groups is 4. The molecule has 10 heteroatoms. The van der Waals surface area contributed by atoms with Gasteiger partial charge in [0.25, 0.3) is 0 Å². The van der Waals surface area contributed by atoms with Crippen LogP contribution in [0.15, 0.2) is 0 Å². The zero-order valence-corrected chi connectivity index (χ0v) is 15.3. The van der Waals surface area contributed by atoms with Gasteiger partial charge in [0, 0.05) is 6.54 Å². The van der Waals surface area contributed by atoms with Crippen molar-refractivity contribution in [1.29, 1.82) is 0 Å². The summed E-state index contributed by atoms with van der Waals surface area (Å²) >= 11 is 1.55. The molecule has 3 amide bonds. The maximum absolute atomic E-state index is 12.8. The number of likely N-dealkylation sites (tertiary alicyclic amines) is 1. The van der Waals surface area contributed by atoms with Crippen LogP contribution in [0.1, 0.15) is 26.2 Å². The van der Waals surface area contributed by atoms with Crippen molar-refractivity contribution in [2.75, 3.05) is 25.1 Å². The molecule has 5 N–H and O–H groups in total. The number of carboxylic acid groups (broad SMARTS) is 1. The third kappa shape index (κ3) is 6.20. The van der Waals surface area contributed by atoms with Crippen molar-refractivity contribution < 1.29 is 24.3 Å². The molecule has 3 atom stereocenters. The van der Waals surface area contributed by atoms with Crippen molar-refractivity contribution in [3.05, 3.63) is 0 Å². The first-order valence-corrected chi connectivity index (χ1v) is 9.53. The molecule has 1 saturated heterocycles. The molecule has 1 aliphatic rings. The van der Waals surface area contributed by atoms with Crippen LogP contribution < -0.4 is 16.4 Å². The van der Waals surface area contributed by atoms with Gasteiger partial charge in [-0.3, -0.25) is 19.2 Å². The number of rotatable bonds is 9. The highest BCUT2D eigenvalue weighted by Gasteiger charge is 2.38. The Labute approximate surface area is 151 Å². The van der Waals surface area contributed by atoms with E-state index in [4.69, 9.17) is 10.8 Å². The van der Waals surface area contributed by atoms with E-state index in [1.165, 1.54) is 11.8 Å². The summed E-state index contributed by atoms with van der Waals surface area (Å²) in [5, 5.41) is 13.9. The number of nitrogens with two attached hydrogens (primary N) is 1.